The molecule has 1 saturated heterocycles. The molecule has 0 spiro atoms. The number of ether oxygens (including phenoxy) is 1. The molecule has 8 nitrogen and oxygen atoms in total. The van der Waals surface area contributed by atoms with Gasteiger partial charge in [0.05, 0.1) is 21.5 Å². The summed E-state index contributed by atoms with van der Waals surface area (Å²) in [4.78, 5) is 38.1. The number of amides is 2. The monoisotopic (exact) mass is 529 g/mol. The third-order valence-corrected chi connectivity index (χ3v) is 7.26. The Kier molecular flexibility index (Phi) is 7.40. The van der Waals surface area contributed by atoms with Gasteiger partial charge in [-0.1, -0.05) is 18.2 Å². The zero-order valence-corrected chi connectivity index (χ0v) is 22.6. The number of pyridine rings is 1. The molecule has 2 aromatic heterocycles. The van der Waals surface area contributed by atoms with Crippen LogP contribution in [0.1, 0.15) is 36.7 Å². The molecule has 0 aliphatic carbocycles. The molecule has 2 amide bonds. The molecule has 0 unspecified atom stereocenters. The van der Waals surface area contributed by atoms with Gasteiger partial charge in [0.2, 0.25) is 0 Å². The summed E-state index contributed by atoms with van der Waals surface area (Å²) in [5.74, 6) is -0.208. The maximum absolute atomic E-state index is 12.7. The lowest BCUT2D eigenvalue weighted by molar-refractivity contribution is 0.0139. The van der Waals surface area contributed by atoms with Crippen molar-refractivity contribution in [2.24, 2.45) is 0 Å². The van der Waals surface area contributed by atoms with Crippen LogP contribution in [-0.2, 0) is 11.3 Å². The number of benzene rings is 2. The zero-order chi connectivity index (χ0) is 26.7. The molecular formula is C29H31N5O3S. The number of fused-ring (bicyclic) bond motifs is 1. The lowest BCUT2D eigenvalue weighted by atomic mass is 10.1. The van der Waals surface area contributed by atoms with Crippen LogP contribution in [-0.4, -0.2) is 63.5 Å². The molecule has 0 radical (unpaired) electrons. The first-order valence-corrected chi connectivity index (χ1v) is 13.5. The SMILES string of the molecule is CC(C)(C)OC(=O)N1CCN(Cc2ccc3nc(-c4ccccc4NC(=O)c4cccnc4)sc3c2)CC1. The molecule has 0 bridgehead atoms. The average Bonchev–Trinajstić information content (AvgIpc) is 3.32. The van der Waals surface area contributed by atoms with E-state index in [0.717, 1.165) is 40.4 Å². The highest BCUT2D eigenvalue weighted by Crippen LogP contribution is 2.35. The normalized spacial score (nSPS) is 14.4. The Morgan fingerprint density at radius 3 is 2.55 bits per heavy atom. The molecule has 38 heavy (non-hydrogen) atoms. The number of carbonyl (C=O) groups excluding carboxylic acids is 2. The maximum atomic E-state index is 12.7. The molecule has 2 aromatic carbocycles. The topological polar surface area (TPSA) is 87.7 Å². The van der Waals surface area contributed by atoms with Crippen molar-refractivity contribution in [3.05, 3.63) is 78.1 Å². The molecule has 1 aliphatic heterocycles. The minimum atomic E-state index is -0.483. The summed E-state index contributed by atoms with van der Waals surface area (Å²) in [6.07, 6.45) is 2.95. The van der Waals surface area contributed by atoms with E-state index in [1.807, 2.05) is 45.0 Å². The number of hydrogen-bond acceptors (Lipinski definition) is 7. The standard InChI is InChI=1S/C29H31N5O3S/c1-29(2,3)37-28(36)34-15-13-33(14-16-34)19-20-10-11-24-25(17-20)38-27(32-24)22-8-4-5-9-23(22)31-26(35)21-7-6-12-30-18-21/h4-12,17-18H,13-16,19H2,1-3H3,(H,31,35). The third kappa shape index (κ3) is 6.17. The Balaban J connectivity index is 1.27. The van der Waals surface area contributed by atoms with Gasteiger partial charge in [0.1, 0.15) is 10.6 Å². The van der Waals surface area contributed by atoms with Gasteiger partial charge in [-0.15, -0.1) is 11.3 Å². The van der Waals surface area contributed by atoms with Gasteiger partial charge in [0.25, 0.3) is 5.91 Å². The molecule has 5 rings (SSSR count). The number of para-hydroxylation sites is 1. The number of hydrogen-bond donors (Lipinski definition) is 1. The summed E-state index contributed by atoms with van der Waals surface area (Å²) in [5.41, 5.74) is 3.74. The van der Waals surface area contributed by atoms with Crippen molar-refractivity contribution < 1.29 is 14.3 Å². The second-order valence-corrected chi connectivity index (χ2v) is 11.3. The fourth-order valence-electron chi connectivity index (χ4n) is 4.33. The Hall–Kier alpha value is -3.82. The average molecular weight is 530 g/mol. The second-order valence-electron chi connectivity index (χ2n) is 10.3. The van der Waals surface area contributed by atoms with Crippen LogP contribution in [0, 0.1) is 0 Å². The molecular weight excluding hydrogens is 498 g/mol. The number of carbonyl (C=O) groups is 2. The van der Waals surface area contributed by atoms with Gasteiger partial charge in [0.15, 0.2) is 0 Å². The second kappa shape index (κ2) is 10.9. The first-order chi connectivity index (χ1) is 18.2. The van der Waals surface area contributed by atoms with Gasteiger partial charge in [-0.2, -0.15) is 0 Å². The molecule has 9 heteroatoms. The molecule has 196 valence electrons. The third-order valence-electron chi connectivity index (χ3n) is 6.21. The Labute approximate surface area is 226 Å². The van der Waals surface area contributed by atoms with Crippen molar-refractivity contribution in [3.63, 3.8) is 0 Å². The summed E-state index contributed by atoms with van der Waals surface area (Å²) in [6, 6.07) is 17.5. The Bertz CT molecular complexity index is 1440. The van der Waals surface area contributed by atoms with E-state index in [0.29, 0.717) is 24.3 Å². The number of aromatic nitrogens is 2. The number of rotatable bonds is 5. The largest absolute Gasteiger partial charge is 0.444 e. The fourth-order valence-corrected chi connectivity index (χ4v) is 5.39. The summed E-state index contributed by atoms with van der Waals surface area (Å²) < 4.78 is 6.60. The highest BCUT2D eigenvalue weighted by Gasteiger charge is 2.26. The van der Waals surface area contributed by atoms with Crippen LogP contribution in [0.5, 0.6) is 0 Å². The lowest BCUT2D eigenvalue weighted by Gasteiger charge is -2.35. The zero-order valence-electron chi connectivity index (χ0n) is 21.8. The summed E-state index contributed by atoms with van der Waals surface area (Å²) in [5, 5.41) is 3.86. The van der Waals surface area contributed by atoms with Crippen molar-refractivity contribution in [1.29, 1.82) is 0 Å². The van der Waals surface area contributed by atoms with Gasteiger partial charge in [-0.25, -0.2) is 9.78 Å². The summed E-state index contributed by atoms with van der Waals surface area (Å²) in [6.45, 7) is 9.39. The number of anilines is 1. The Morgan fingerprint density at radius 1 is 1.03 bits per heavy atom. The highest BCUT2D eigenvalue weighted by atomic mass is 32.1. The van der Waals surface area contributed by atoms with Crippen LogP contribution in [0.4, 0.5) is 10.5 Å². The molecule has 1 aliphatic rings. The van der Waals surface area contributed by atoms with Crippen LogP contribution < -0.4 is 5.32 Å². The molecule has 1 fully saturated rings. The van der Waals surface area contributed by atoms with E-state index in [9.17, 15) is 9.59 Å². The van der Waals surface area contributed by atoms with Crippen LogP contribution in [0.2, 0.25) is 0 Å². The van der Waals surface area contributed by atoms with Crippen LogP contribution >= 0.6 is 11.3 Å². The van der Waals surface area contributed by atoms with Gasteiger partial charge in [0, 0.05) is 50.7 Å². The fraction of sp³-hybridized carbons (Fsp3) is 0.310. The van der Waals surface area contributed by atoms with Crippen molar-refractivity contribution in [1.82, 2.24) is 19.8 Å². The Morgan fingerprint density at radius 2 is 1.82 bits per heavy atom. The van der Waals surface area contributed by atoms with Crippen molar-refractivity contribution in [3.8, 4) is 10.6 Å². The smallest absolute Gasteiger partial charge is 0.410 e. The van der Waals surface area contributed by atoms with Gasteiger partial charge < -0.3 is 15.0 Å². The highest BCUT2D eigenvalue weighted by molar-refractivity contribution is 7.21. The van der Waals surface area contributed by atoms with Crippen LogP contribution in [0.3, 0.4) is 0 Å². The number of piperazine rings is 1. The number of thiazole rings is 1. The van der Waals surface area contributed by atoms with Gasteiger partial charge >= 0.3 is 6.09 Å². The first kappa shape index (κ1) is 25.8. The van der Waals surface area contributed by atoms with Crippen molar-refractivity contribution >= 4 is 39.2 Å². The minimum absolute atomic E-state index is 0.208. The quantitative estimate of drug-likeness (QED) is 0.359. The van der Waals surface area contributed by atoms with E-state index in [2.05, 4.69) is 33.4 Å². The first-order valence-electron chi connectivity index (χ1n) is 12.7. The predicted molar refractivity (Wildman–Crippen MR) is 150 cm³/mol. The van der Waals surface area contributed by atoms with Crippen molar-refractivity contribution in [2.75, 3.05) is 31.5 Å². The summed E-state index contributed by atoms with van der Waals surface area (Å²) >= 11 is 1.61. The molecule has 1 N–H and O–H groups in total. The van der Waals surface area contributed by atoms with E-state index in [1.165, 1.54) is 5.56 Å². The van der Waals surface area contributed by atoms with E-state index >= 15 is 0 Å². The van der Waals surface area contributed by atoms with Crippen LogP contribution in [0.25, 0.3) is 20.8 Å². The maximum Gasteiger partial charge on any atom is 0.410 e. The summed E-state index contributed by atoms with van der Waals surface area (Å²) in [7, 11) is 0. The van der Waals surface area contributed by atoms with Crippen LogP contribution in [0.15, 0.2) is 67.0 Å². The molecule has 3 heterocycles. The lowest BCUT2D eigenvalue weighted by Crippen LogP contribution is -2.49. The van der Waals surface area contributed by atoms with E-state index in [4.69, 9.17) is 9.72 Å². The predicted octanol–water partition coefficient (Wildman–Crippen LogP) is 5.66. The van der Waals surface area contributed by atoms with E-state index in [1.54, 1.807) is 40.8 Å². The molecule has 4 aromatic rings. The van der Waals surface area contributed by atoms with Gasteiger partial charge in [-0.05, 0) is 62.7 Å². The van der Waals surface area contributed by atoms with Crippen molar-refractivity contribution in [2.45, 2.75) is 32.9 Å². The molecule has 0 saturated carbocycles. The van der Waals surface area contributed by atoms with E-state index < -0.39 is 5.60 Å². The van der Waals surface area contributed by atoms with E-state index in [-0.39, 0.29) is 12.0 Å². The number of nitrogens with one attached hydrogen (secondary N) is 1. The number of nitrogens with zero attached hydrogens (tertiary/aromatic N) is 4. The molecule has 0 atom stereocenters. The van der Waals surface area contributed by atoms with Gasteiger partial charge in [-0.3, -0.25) is 14.7 Å². The minimum Gasteiger partial charge on any atom is -0.444 e.